The summed E-state index contributed by atoms with van der Waals surface area (Å²) in [4.78, 5) is 11.6. The van der Waals surface area contributed by atoms with E-state index in [1.165, 1.54) is 0 Å². The lowest BCUT2D eigenvalue weighted by Gasteiger charge is -2.13. The molecule has 1 heterocycles. The predicted molar refractivity (Wildman–Crippen MR) is 66.9 cm³/mol. The normalized spacial score (nSPS) is 16.4. The highest BCUT2D eigenvalue weighted by Gasteiger charge is 2.42. The van der Waals surface area contributed by atoms with Crippen LogP contribution < -0.4 is 10.6 Å². The van der Waals surface area contributed by atoms with Crippen molar-refractivity contribution in [2.45, 2.75) is 26.3 Å². The van der Waals surface area contributed by atoms with E-state index in [2.05, 4.69) is 15.7 Å². The lowest BCUT2D eigenvalue weighted by molar-refractivity contribution is 0.203. The second-order valence-corrected chi connectivity index (χ2v) is 5.07. The summed E-state index contributed by atoms with van der Waals surface area (Å²) in [6, 6.07) is -0.196. The highest BCUT2D eigenvalue weighted by molar-refractivity contribution is 5.73. The van der Waals surface area contributed by atoms with Crippen molar-refractivity contribution in [3.05, 3.63) is 17.5 Å². The molecule has 100 valence electrons. The van der Waals surface area contributed by atoms with Crippen LogP contribution in [-0.2, 0) is 13.6 Å². The van der Waals surface area contributed by atoms with Gasteiger partial charge in [0.25, 0.3) is 0 Å². The summed E-state index contributed by atoms with van der Waals surface area (Å²) in [7, 11) is 1.87. The Morgan fingerprint density at radius 3 is 2.78 bits per heavy atom. The van der Waals surface area contributed by atoms with Crippen molar-refractivity contribution < 1.29 is 9.90 Å². The Hall–Kier alpha value is -1.56. The molecule has 1 fully saturated rings. The number of carbonyl (C=O) groups is 1. The zero-order valence-corrected chi connectivity index (χ0v) is 10.9. The van der Waals surface area contributed by atoms with Gasteiger partial charge in [-0.05, 0) is 19.8 Å². The van der Waals surface area contributed by atoms with Gasteiger partial charge in [-0.25, -0.2) is 4.79 Å². The molecule has 0 saturated heterocycles. The van der Waals surface area contributed by atoms with Crippen LogP contribution in [0.2, 0.25) is 0 Å². The fourth-order valence-corrected chi connectivity index (χ4v) is 1.79. The van der Waals surface area contributed by atoms with Crippen molar-refractivity contribution in [2.24, 2.45) is 12.5 Å². The van der Waals surface area contributed by atoms with E-state index in [0.29, 0.717) is 13.1 Å². The number of aliphatic hydroxyl groups is 1. The number of rotatable bonds is 5. The Bertz CT molecular complexity index is 437. The molecule has 18 heavy (non-hydrogen) atoms. The molecule has 1 saturated carbocycles. The van der Waals surface area contributed by atoms with E-state index in [-0.39, 0.29) is 18.1 Å². The Kier molecular flexibility index (Phi) is 3.56. The first-order valence-corrected chi connectivity index (χ1v) is 6.16. The topological polar surface area (TPSA) is 79.2 Å². The quantitative estimate of drug-likeness (QED) is 0.705. The van der Waals surface area contributed by atoms with E-state index in [4.69, 9.17) is 5.11 Å². The number of aliphatic hydroxyl groups excluding tert-OH is 1. The molecule has 0 radical (unpaired) electrons. The minimum Gasteiger partial charge on any atom is -0.396 e. The van der Waals surface area contributed by atoms with Crippen molar-refractivity contribution in [1.29, 1.82) is 0 Å². The number of urea groups is 1. The number of hydrogen-bond donors (Lipinski definition) is 3. The van der Waals surface area contributed by atoms with Crippen molar-refractivity contribution in [1.82, 2.24) is 20.4 Å². The van der Waals surface area contributed by atoms with Crippen LogP contribution in [0.3, 0.4) is 0 Å². The minimum atomic E-state index is -0.196. The zero-order valence-electron chi connectivity index (χ0n) is 10.9. The maximum Gasteiger partial charge on any atom is 0.315 e. The summed E-state index contributed by atoms with van der Waals surface area (Å²) in [6.45, 7) is 3.13. The van der Waals surface area contributed by atoms with E-state index in [1.54, 1.807) is 10.9 Å². The first kappa shape index (κ1) is 12.9. The van der Waals surface area contributed by atoms with E-state index in [0.717, 1.165) is 24.1 Å². The van der Waals surface area contributed by atoms with Gasteiger partial charge in [0.15, 0.2) is 0 Å². The summed E-state index contributed by atoms with van der Waals surface area (Å²) in [5, 5.41) is 18.8. The largest absolute Gasteiger partial charge is 0.396 e. The van der Waals surface area contributed by atoms with Gasteiger partial charge in [0.05, 0.1) is 12.8 Å². The highest BCUT2D eigenvalue weighted by atomic mass is 16.3. The third-order valence-electron chi connectivity index (χ3n) is 3.69. The van der Waals surface area contributed by atoms with Crippen LogP contribution in [0.5, 0.6) is 0 Å². The lowest BCUT2D eigenvalue weighted by Crippen LogP contribution is -2.39. The third-order valence-corrected chi connectivity index (χ3v) is 3.69. The molecule has 0 aromatic carbocycles. The summed E-state index contributed by atoms with van der Waals surface area (Å²) in [5.74, 6) is 0. The van der Waals surface area contributed by atoms with Crippen LogP contribution in [0.15, 0.2) is 6.20 Å². The summed E-state index contributed by atoms with van der Waals surface area (Å²) in [6.07, 6.45) is 3.74. The predicted octanol–water partition coefficient (Wildman–Crippen LogP) is 0.300. The van der Waals surface area contributed by atoms with Gasteiger partial charge in [-0.15, -0.1) is 0 Å². The molecular formula is C12H20N4O2. The number of aryl methyl sites for hydroxylation is 1. The fourth-order valence-electron chi connectivity index (χ4n) is 1.79. The molecule has 1 aromatic heterocycles. The molecule has 0 unspecified atom stereocenters. The lowest BCUT2D eigenvalue weighted by atomic mass is 10.1. The van der Waals surface area contributed by atoms with E-state index >= 15 is 0 Å². The van der Waals surface area contributed by atoms with Gasteiger partial charge in [-0.2, -0.15) is 5.10 Å². The zero-order chi connectivity index (χ0) is 13.2. The number of carbonyl (C=O) groups excluding carboxylic acids is 1. The van der Waals surface area contributed by atoms with Crippen LogP contribution in [0.4, 0.5) is 4.79 Å². The molecule has 0 spiro atoms. The van der Waals surface area contributed by atoms with Gasteiger partial charge >= 0.3 is 6.03 Å². The third kappa shape index (κ3) is 2.81. The Balaban J connectivity index is 1.73. The van der Waals surface area contributed by atoms with E-state index < -0.39 is 0 Å². The molecular weight excluding hydrogens is 232 g/mol. The van der Waals surface area contributed by atoms with Crippen LogP contribution in [0, 0.1) is 12.3 Å². The number of aromatic nitrogens is 2. The summed E-state index contributed by atoms with van der Waals surface area (Å²) < 4.78 is 1.78. The number of nitrogens with one attached hydrogen (secondary N) is 2. The van der Waals surface area contributed by atoms with Gasteiger partial charge in [0, 0.05) is 36.8 Å². The monoisotopic (exact) mass is 252 g/mol. The highest BCUT2D eigenvalue weighted by Crippen LogP contribution is 2.44. The molecule has 1 aliphatic carbocycles. The molecule has 0 aliphatic heterocycles. The van der Waals surface area contributed by atoms with E-state index in [9.17, 15) is 4.79 Å². The first-order valence-electron chi connectivity index (χ1n) is 6.16. The molecule has 1 aromatic rings. The molecule has 3 N–H and O–H groups in total. The van der Waals surface area contributed by atoms with Crippen molar-refractivity contribution in [2.75, 3.05) is 13.2 Å². The van der Waals surface area contributed by atoms with E-state index in [1.807, 2.05) is 14.0 Å². The number of nitrogens with zero attached hydrogens (tertiary/aromatic N) is 2. The van der Waals surface area contributed by atoms with Gasteiger partial charge in [0.1, 0.15) is 0 Å². The molecule has 1 aliphatic rings. The standard InChI is InChI=1S/C12H20N4O2/c1-9-10(6-15-16(9)2)5-13-11(18)14-7-12(8-17)3-4-12/h6,17H,3-5,7-8H2,1-2H3,(H2,13,14,18). The minimum absolute atomic E-state index is 0.0540. The summed E-state index contributed by atoms with van der Waals surface area (Å²) in [5.41, 5.74) is 2.00. The van der Waals surface area contributed by atoms with Crippen molar-refractivity contribution in [3.63, 3.8) is 0 Å². The van der Waals surface area contributed by atoms with Crippen LogP contribution in [0.25, 0.3) is 0 Å². The Morgan fingerprint density at radius 1 is 1.56 bits per heavy atom. The molecule has 0 bridgehead atoms. The average molecular weight is 252 g/mol. The van der Waals surface area contributed by atoms with Gasteiger partial charge in [-0.3, -0.25) is 4.68 Å². The molecule has 6 nitrogen and oxygen atoms in total. The molecule has 2 rings (SSSR count). The second kappa shape index (κ2) is 4.97. The SMILES string of the molecule is Cc1c(CNC(=O)NCC2(CO)CC2)cnn1C. The van der Waals surface area contributed by atoms with Crippen LogP contribution in [0.1, 0.15) is 24.1 Å². The molecule has 2 amide bonds. The first-order chi connectivity index (χ1) is 8.56. The molecule has 0 atom stereocenters. The van der Waals surface area contributed by atoms with Crippen molar-refractivity contribution >= 4 is 6.03 Å². The maximum absolute atomic E-state index is 11.6. The number of amides is 2. The second-order valence-electron chi connectivity index (χ2n) is 5.07. The van der Waals surface area contributed by atoms with Crippen molar-refractivity contribution in [3.8, 4) is 0 Å². The Morgan fingerprint density at radius 2 is 2.28 bits per heavy atom. The maximum atomic E-state index is 11.6. The molecule has 6 heteroatoms. The summed E-state index contributed by atoms with van der Waals surface area (Å²) >= 11 is 0. The fraction of sp³-hybridized carbons (Fsp3) is 0.667. The van der Waals surface area contributed by atoms with Gasteiger partial charge in [0.2, 0.25) is 0 Å². The average Bonchev–Trinajstić information content (AvgIpc) is 3.09. The smallest absolute Gasteiger partial charge is 0.315 e. The Labute approximate surface area is 106 Å². The van der Waals surface area contributed by atoms with Crippen LogP contribution in [-0.4, -0.2) is 34.1 Å². The van der Waals surface area contributed by atoms with Crippen LogP contribution >= 0.6 is 0 Å². The van der Waals surface area contributed by atoms with Gasteiger partial charge in [-0.1, -0.05) is 0 Å². The number of hydrogen-bond acceptors (Lipinski definition) is 3. The van der Waals surface area contributed by atoms with Gasteiger partial charge < -0.3 is 15.7 Å².